The molecule has 2 rings (SSSR count). The van der Waals surface area contributed by atoms with Gasteiger partial charge in [-0.1, -0.05) is 12.1 Å². The zero-order valence-electron chi connectivity index (χ0n) is 11.7. The highest BCUT2D eigenvalue weighted by Gasteiger charge is 2.32. The number of carbonyl (C=O) groups is 2. The van der Waals surface area contributed by atoms with Crippen LogP contribution in [0.4, 0.5) is 0 Å². The van der Waals surface area contributed by atoms with Gasteiger partial charge in [0.15, 0.2) is 0 Å². The van der Waals surface area contributed by atoms with E-state index in [9.17, 15) is 9.59 Å². The Labute approximate surface area is 117 Å². The lowest BCUT2D eigenvalue weighted by atomic mass is 9.84. The second-order valence-corrected chi connectivity index (χ2v) is 4.61. The standard InChI is InChI=1S/C15H17NO4/c1-9-14(15(18)20-3)12(8-13(17)16-9)10-4-6-11(19-2)7-5-10/h4-7,12H,8H2,1-3H3,(H,16,17)/t12-/m0/s1. The number of hydrogen-bond donors (Lipinski definition) is 1. The van der Waals surface area contributed by atoms with E-state index in [0.29, 0.717) is 11.3 Å². The van der Waals surface area contributed by atoms with E-state index in [1.165, 1.54) is 7.11 Å². The van der Waals surface area contributed by atoms with E-state index in [-0.39, 0.29) is 18.2 Å². The van der Waals surface area contributed by atoms with Gasteiger partial charge in [0.1, 0.15) is 5.75 Å². The van der Waals surface area contributed by atoms with Crippen LogP contribution < -0.4 is 10.1 Å². The number of esters is 1. The van der Waals surface area contributed by atoms with Crippen molar-refractivity contribution < 1.29 is 19.1 Å². The Morgan fingerprint density at radius 3 is 2.45 bits per heavy atom. The summed E-state index contributed by atoms with van der Waals surface area (Å²) in [6, 6.07) is 7.34. The minimum atomic E-state index is -0.414. The molecule has 0 aliphatic carbocycles. The van der Waals surface area contributed by atoms with E-state index in [1.54, 1.807) is 14.0 Å². The fourth-order valence-corrected chi connectivity index (χ4v) is 2.40. The van der Waals surface area contributed by atoms with Gasteiger partial charge in [0.25, 0.3) is 0 Å². The van der Waals surface area contributed by atoms with Gasteiger partial charge in [0, 0.05) is 18.0 Å². The third-order valence-electron chi connectivity index (χ3n) is 3.39. The summed E-state index contributed by atoms with van der Waals surface area (Å²) >= 11 is 0. The summed E-state index contributed by atoms with van der Waals surface area (Å²) in [5, 5.41) is 2.68. The molecule has 0 saturated carbocycles. The van der Waals surface area contributed by atoms with Gasteiger partial charge in [0.2, 0.25) is 5.91 Å². The topological polar surface area (TPSA) is 64.6 Å². The van der Waals surface area contributed by atoms with E-state index in [0.717, 1.165) is 11.3 Å². The van der Waals surface area contributed by atoms with Crippen LogP contribution in [0.3, 0.4) is 0 Å². The highest BCUT2D eigenvalue weighted by Crippen LogP contribution is 2.34. The van der Waals surface area contributed by atoms with Crippen LogP contribution in [0.25, 0.3) is 0 Å². The molecule has 0 saturated heterocycles. The Morgan fingerprint density at radius 1 is 1.25 bits per heavy atom. The van der Waals surface area contributed by atoms with Gasteiger partial charge in [-0.3, -0.25) is 4.79 Å². The first-order valence-corrected chi connectivity index (χ1v) is 6.29. The Balaban J connectivity index is 2.42. The average molecular weight is 275 g/mol. The maximum absolute atomic E-state index is 11.9. The SMILES string of the molecule is COC(=O)C1=C(C)NC(=O)C[C@H]1c1ccc(OC)cc1. The number of ether oxygens (including phenoxy) is 2. The van der Waals surface area contributed by atoms with Gasteiger partial charge in [-0.25, -0.2) is 4.79 Å². The molecule has 1 aliphatic rings. The number of amides is 1. The van der Waals surface area contributed by atoms with Crippen LogP contribution in [-0.4, -0.2) is 26.1 Å². The largest absolute Gasteiger partial charge is 0.497 e. The Hall–Kier alpha value is -2.30. The third-order valence-corrected chi connectivity index (χ3v) is 3.39. The highest BCUT2D eigenvalue weighted by atomic mass is 16.5. The number of allylic oxidation sites excluding steroid dienone is 1. The molecular weight excluding hydrogens is 258 g/mol. The van der Waals surface area contributed by atoms with Crippen molar-refractivity contribution in [2.75, 3.05) is 14.2 Å². The van der Waals surface area contributed by atoms with Crippen molar-refractivity contribution in [2.24, 2.45) is 0 Å². The summed E-state index contributed by atoms with van der Waals surface area (Å²) in [5.41, 5.74) is 1.94. The zero-order chi connectivity index (χ0) is 14.7. The average Bonchev–Trinajstić information content (AvgIpc) is 2.46. The summed E-state index contributed by atoms with van der Waals surface area (Å²) in [7, 11) is 2.93. The molecule has 0 bridgehead atoms. The quantitative estimate of drug-likeness (QED) is 0.853. The molecule has 1 amide bonds. The van der Waals surface area contributed by atoms with Crippen LogP contribution in [0.15, 0.2) is 35.5 Å². The second-order valence-electron chi connectivity index (χ2n) is 4.61. The maximum Gasteiger partial charge on any atom is 0.336 e. The summed E-state index contributed by atoms with van der Waals surface area (Å²) in [5.74, 6) is -0.0734. The number of nitrogens with one attached hydrogen (secondary N) is 1. The molecule has 20 heavy (non-hydrogen) atoms. The first-order valence-electron chi connectivity index (χ1n) is 6.29. The van der Waals surface area contributed by atoms with E-state index < -0.39 is 5.97 Å². The van der Waals surface area contributed by atoms with Crippen LogP contribution in [0.2, 0.25) is 0 Å². The zero-order valence-corrected chi connectivity index (χ0v) is 11.7. The fourth-order valence-electron chi connectivity index (χ4n) is 2.40. The minimum Gasteiger partial charge on any atom is -0.497 e. The highest BCUT2D eigenvalue weighted by molar-refractivity contribution is 5.95. The van der Waals surface area contributed by atoms with Crippen LogP contribution in [0.5, 0.6) is 5.75 Å². The first kappa shape index (κ1) is 14.1. The van der Waals surface area contributed by atoms with Crippen molar-refractivity contribution in [1.82, 2.24) is 5.32 Å². The van der Waals surface area contributed by atoms with E-state index in [1.807, 2.05) is 24.3 Å². The first-order chi connectivity index (χ1) is 9.56. The summed E-state index contributed by atoms with van der Waals surface area (Å²) < 4.78 is 9.93. The van der Waals surface area contributed by atoms with Crippen LogP contribution in [-0.2, 0) is 14.3 Å². The third kappa shape index (κ3) is 2.66. The monoisotopic (exact) mass is 275 g/mol. The molecule has 0 unspecified atom stereocenters. The molecule has 1 aliphatic heterocycles. The van der Waals surface area contributed by atoms with Crippen molar-refractivity contribution in [2.45, 2.75) is 19.3 Å². The van der Waals surface area contributed by atoms with E-state index in [2.05, 4.69) is 5.32 Å². The smallest absolute Gasteiger partial charge is 0.336 e. The molecule has 0 radical (unpaired) electrons. The van der Waals surface area contributed by atoms with Crippen LogP contribution in [0.1, 0.15) is 24.8 Å². The van der Waals surface area contributed by atoms with Crippen LogP contribution >= 0.6 is 0 Å². The predicted octanol–water partition coefficient (Wildman–Crippen LogP) is 1.75. The molecule has 0 fully saturated rings. The Morgan fingerprint density at radius 2 is 1.90 bits per heavy atom. The molecule has 1 aromatic rings. The second kappa shape index (κ2) is 5.77. The molecule has 5 heteroatoms. The van der Waals surface area contributed by atoms with Gasteiger partial charge in [-0.15, -0.1) is 0 Å². The van der Waals surface area contributed by atoms with E-state index in [4.69, 9.17) is 9.47 Å². The normalized spacial score (nSPS) is 18.6. The number of rotatable bonds is 3. The Bertz CT molecular complexity index is 560. The van der Waals surface area contributed by atoms with Gasteiger partial charge in [0.05, 0.1) is 19.8 Å². The predicted molar refractivity (Wildman–Crippen MR) is 73.2 cm³/mol. The summed E-state index contributed by atoms with van der Waals surface area (Å²) in [4.78, 5) is 23.6. The molecule has 1 heterocycles. The molecule has 5 nitrogen and oxygen atoms in total. The number of benzene rings is 1. The van der Waals surface area contributed by atoms with Crippen molar-refractivity contribution >= 4 is 11.9 Å². The van der Waals surface area contributed by atoms with Crippen molar-refractivity contribution in [3.63, 3.8) is 0 Å². The van der Waals surface area contributed by atoms with Gasteiger partial charge >= 0.3 is 5.97 Å². The van der Waals surface area contributed by atoms with Gasteiger partial charge < -0.3 is 14.8 Å². The summed E-state index contributed by atoms with van der Waals surface area (Å²) in [6.07, 6.45) is 0.230. The van der Waals surface area contributed by atoms with Crippen LogP contribution in [0, 0.1) is 0 Å². The number of carbonyl (C=O) groups excluding carboxylic acids is 2. The maximum atomic E-state index is 11.9. The van der Waals surface area contributed by atoms with E-state index >= 15 is 0 Å². The van der Waals surface area contributed by atoms with Crippen molar-refractivity contribution in [3.05, 3.63) is 41.1 Å². The van der Waals surface area contributed by atoms with Crippen molar-refractivity contribution in [1.29, 1.82) is 0 Å². The van der Waals surface area contributed by atoms with Gasteiger partial charge in [-0.2, -0.15) is 0 Å². The Kier molecular flexibility index (Phi) is 4.08. The number of hydrogen-bond acceptors (Lipinski definition) is 4. The lowest BCUT2D eigenvalue weighted by Crippen LogP contribution is -2.33. The van der Waals surface area contributed by atoms with Crippen molar-refractivity contribution in [3.8, 4) is 5.75 Å². The molecule has 1 atom stereocenters. The fraction of sp³-hybridized carbons (Fsp3) is 0.333. The molecular formula is C15H17NO4. The number of methoxy groups -OCH3 is 2. The molecule has 106 valence electrons. The molecule has 1 N–H and O–H groups in total. The minimum absolute atomic E-state index is 0.101. The molecule has 0 aromatic heterocycles. The lowest BCUT2D eigenvalue weighted by molar-refractivity contribution is -0.136. The molecule has 0 spiro atoms. The summed E-state index contributed by atoms with van der Waals surface area (Å²) in [6.45, 7) is 1.71. The molecule has 1 aromatic carbocycles. The van der Waals surface area contributed by atoms with Gasteiger partial charge in [-0.05, 0) is 24.6 Å². The lowest BCUT2D eigenvalue weighted by Gasteiger charge is -2.26.